The molecule has 0 amide bonds. The van der Waals surface area contributed by atoms with E-state index in [1.807, 2.05) is 13.8 Å². The standard InChI is InChI=1S/C8H11N.V.W/c1-4-5-6-7-9-8(2)3;;/h1,4-5,7-8H,2-3H3;;/q-2;;. The van der Waals surface area contributed by atoms with E-state index in [1.54, 1.807) is 12.3 Å². The van der Waals surface area contributed by atoms with Gasteiger partial charge in [-0.2, -0.15) is 0 Å². The minimum atomic E-state index is 0.337. The van der Waals surface area contributed by atoms with Gasteiger partial charge < -0.3 is 29.8 Å². The molecule has 0 aromatic rings. The van der Waals surface area contributed by atoms with Crippen molar-refractivity contribution in [1.82, 2.24) is 0 Å². The number of rotatable bonds is 3. The molecule has 0 aliphatic rings. The molecule has 0 aromatic heterocycles. The summed E-state index contributed by atoms with van der Waals surface area (Å²) in [5.74, 6) is 0. The fourth-order valence-corrected chi connectivity index (χ4v) is 0.291. The number of allylic oxidation sites excluding steroid dienone is 3. The number of hydrogen-bond acceptors (Lipinski definition) is 1. The third-order valence-electron chi connectivity index (χ3n) is 0.640. The van der Waals surface area contributed by atoms with E-state index in [-0.39, 0.29) is 0 Å². The summed E-state index contributed by atoms with van der Waals surface area (Å²) in [5, 5.41) is 0. The molecule has 61 valence electrons. The van der Waals surface area contributed by atoms with E-state index >= 15 is 0 Å². The topological polar surface area (TPSA) is 12.4 Å². The van der Waals surface area contributed by atoms with Crippen LogP contribution in [-0.4, -0.2) is 12.3 Å². The Labute approximate surface area is 86.5 Å². The average molecular weight is 356 g/mol. The molecular formula is C8H11NVW-2. The summed E-state index contributed by atoms with van der Waals surface area (Å²) >= 11 is 3.92. The van der Waals surface area contributed by atoms with Crippen LogP contribution in [-0.2, 0) is 30.9 Å². The van der Waals surface area contributed by atoms with E-state index in [9.17, 15) is 0 Å². The Kier molecular flexibility index (Phi) is 16.6. The van der Waals surface area contributed by atoms with Gasteiger partial charge in [-0.15, -0.1) is 0 Å². The Bertz CT molecular complexity index is 141. The summed E-state index contributed by atoms with van der Waals surface area (Å²) in [4.78, 5) is 4.02. The SMILES string of the molecule is [CH-]=CC=[C-]C=NC(C)C.[V]=[W]. The zero-order valence-electron chi connectivity index (χ0n) is 6.69. The molecule has 0 bridgehead atoms. The first kappa shape index (κ1) is 14.0. The van der Waals surface area contributed by atoms with Crippen LogP contribution in [0.25, 0.3) is 0 Å². The minimum absolute atomic E-state index is 0.337. The van der Waals surface area contributed by atoms with Crippen molar-refractivity contribution >= 4 is 6.21 Å². The van der Waals surface area contributed by atoms with E-state index < -0.39 is 0 Å². The van der Waals surface area contributed by atoms with Gasteiger partial charge in [0.1, 0.15) is 0 Å². The van der Waals surface area contributed by atoms with Gasteiger partial charge in [-0.05, 0) is 13.8 Å². The maximum absolute atomic E-state index is 5.04. The van der Waals surface area contributed by atoms with Crippen molar-refractivity contribution in [3.05, 3.63) is 24.8 Å². The molecule has 0 radical (unpaired) electrons. The Morgan fingerprint density at radius 1 is 1.55 bits per heavy atom. The average Bonchev–Trinajstić information content (AvgIpc) is 2.02. The maximum atomic E-state index is 5.04. The van der Waals surface area contributed by atoms with Crippen molar-refractivity contribution < 1.29 is 30.9 Å². The van der Waals surface area contributed by atoms with Gasteiger partial charge in [0.2, 0.25) is 0 Å². The molecule has 0 aliphatic heterocycles. The van der Waals surface area contributed by atoms with Gasteiger partial charge in [0, 0.05) is 6.04 Å². The predicted molar refractivity (Wildman–Crippen MR) is 40.3 cm³/mol. The number of aliphatic imine (C=N–C) groups is 1. The Morgan fingerprint density at radius 3 is 2.45 bits per heavy atom. The zero-order valence-corrected chi connectivity index (χ0v) is 11.0. The molecule has 0 N–H and O–H groups in total. The van der Waals surface area contributed by atoms with Crippen molar-refractivity contribution in [2.75, 3.05) is 0 Å². The molecule has 0 spiro atoms. The summed E-state index contributed by atoms with van der Waals surface area (Å²) in [7, 11) is 0. The zero-order chi connectivity index (χ0) is 9.11. The molecule has 0 rings (SSSR count). The molecule has 0 saturated heterocycles. The predicted octanol–water partition coefficient (Wildman–Crippen LogP) is 1.81. The third-order valence-corrected chi connectivity index (χ3v) is 0.640. The second-order valence-electron chi connectivity index (χ2n) is 1.90. The number of nitrogens with zero attached hydrogens (tertiary/aromatic N) is 1. The van der Waals surface area contributed by atoms with Gasteiger partial charge in [0.05, 0.1) is 0 Å². The van der Waals surface area contributed by atoms with Crippen LogP contribution in [0, 0.1) is 12.7 Å². The van der Waals surface area contributed by atoms with Gasteiger partial charge in [-0.25, -0.2) is 0 Å². The van der Waals surface area contributed by atoms with Crippen LogP contribution in [0.15, 0.2) is 17.1 Å². The Balaban J connectivity index is 0. The van der Waals surface area contributed by atoms with Crippen LogP contribution in [0.5, 0.6) is 0 Å². The van der Waals surface area contributed by atoms with Gasteiger partial charge in [-0.1, -0.05) is 6.21 Å². The monoisotopic (exact) mass is 356 g/mol. The first-order valence-electron chi connectivity index (χ1n) is 3.10. The van der Waals surface area contributed by atoms with Crippen LogP contribution >= 0.6 is 0 Å². The fraction of sp³-hybridized carbons (Fsp3) is 0.375. The van der Waals surface area contributed by atoms with Crippen molar-refractivity contribution in [2.45, 2.75) is 19.9 Å². The molecule has 1 nitrogen and oxygen atoms in total. The molecule has 11 heavy (non-hydrogen) atoms. The van der Waals surface area contributed by atoms with E-state index in [0.717, 1.165) is 0 Å². The van der Waals surface area contributed by atoms with E-state index in [4.69, 9.17) is 6.58 Å². The van der Waals surface area contributed by atoms with Gasteiger partial charge >= 0.3 is 30.9 Å². The van der Waals surface area contributed by atoms with Crippen LogP contribution < -0.4 is 0 Å². The molecular weight excluding hydrogens is 345 g/mol. The summed E-state index contributed by atoms with van der Waals surface area (Å²) in [5.41, 5.74) is 0. The van der Waals surface area contributed by atoms with Gasteiger partial charge in [-0.3, -0.25) is 0 Å². The van der Waals surface area contributed by atoms with Gasteiger partial charge in [0.25, 0.3) is 0 Å². The third kappa shape index (κ3) is 17.9. The second kappa shape index (κ2) is 13.0. The summed E-state index contributed by atoms with van der Waals surface area (Å²) in [6.45, 7) is 9.05. The normalized spacial score (nSPS) is 10.0. The first-order chi connectivity index (χ1) is 5.27. The second-order valence-corrected chi connectivity index (χ2v) is 1.90. The fourth-order valence-electron chi connectivity index (χ4n) is 0.291. The van der Waals surface area contributed by atoms with Gasteiger partial charge in [0.15, 0.2) is 0 Å². The van der Waals surface area contributed by atoms with Crippen molar-refractivity contribution in [2.24, 2.45) is 4.99 Å². The van der Waals surface area contributed by atoms with Crippen LogP contribution in [0.1, 0.15) is 13.8 Å². The molecule has 0 fully saturated rings. The Morgan fingerprint density at radius 2 is 2.09 bits per heavy atom. The van der Waals surface area contributed by atoms with Crippen molar-refractivity contribution in [1.29, 1.82) is 0 Å². The molecule has 0 heterocycles. The van der Waals surface area contributed by atoms with Crippen LogP contribution in [0.4, 0.5) is 0 Å². The molecule has 0 atom stereocenters. The van der Waals surface area contributed by atoms with Crippen LogP contribution in [0.3, 0.4) is 0 Å². The number of hydrogen-bond donors (Lipinski definition) is 0. The van der Waals surface area contributed by atoms with Crippen molar-refractivity contribution in [3.63, 3.8) is 0 Å². The molecule has 0 aromatic carbocycles. The molecule has 0 unspecified atom stereocenters. The van der Waals surface area contributed by atoms with E-state index in [2.05, 4.69) is 25.1 Å². The summed E-state index contributed by atoms with van der Waals surface area (Å²) < 4.78 is 0. The summed E-state index contributed by atoms with van der Waals surface area (Å²) in [6, 6.07) is 0.337. The van der Waals surface area contributed by atoms with Crippen LogP contribution in [0.2, 0.25) is 0 Å². The Hall–Kier alpha value is 0.423. The first-order valence-corrected chi connectivity index (χ1v) is 9.08. The molecule has 3 heteroatoms. The quantitative estimate of drug-likeness (QED) is 0.416. The van der Waals surface area contributed by atoms with Crippen molar-refractivity contribution in [3.8, 4) is 0 Å². The molecule has 0 saturated carbocycles. The molecule has 0 aliphatic carbocycles. The van der Waals surface area contributed by atoms with E-state index in [0.29, 0.717) is 6.04 Å². The summed E-state index contributed by atoms with van der Waals surface area (Å²) in [6.07, 6.45) is 7.43. The van der Waals surface area contributed by atoms with E-state index in [1.165, 1.54) is 22.9 Å².